The first kappa shape index (κ1) is 11.2. The van der Waals surface area contributed by atoms with Gasteiger partial charge in [0.25, 0.3) is 11.8 Å². The lowest BCUT2D eigenvalue weighted by Gasteiger charge is -2.14. The van der Waals surface area contributed by atoms with E-state index >= 15 is 0 Å². The second-order valence-corrected chi connectivity index (χ2v) is 3.47. The van der Waals surface area contributed by atoms with E-state index in [1.165, 1.54) is 0 Å². The number of nitrogens with one attached hydrogen (secondary N) is 1. The summed E-state index contributed by atoms with van der Waals surface area (Å²) in [7, 11) is 0. The first-order valence-corrected chi connectivity index (χ1v) is 5.46. The fraction of sp³-hybridized carbons (Fsp3) is 0.364. The predicted octanol–water partition coefficient (Wildman–Crippen LogP) is 1.78. The number of H-pyrrole nitrogens is 1. The summed E-state index contributed by atoms with van der Waals surface area (Å²) in [5.74, 6) is 0.964. The van der Waals surface area contributed by atoms with E-state index in [4.69, 9.17) is 9.78 Å². The van der Waals surface area contributed by atoms with Gasteiger partial charge >= 0.3 is 0 Å². The van der Waals surface area contributed by atoms with Crippen LogP contribution in [0.2, 0.25) is 0 Å². The summed E-state index contributed by atoms with van der Waals surface area (Å²) in [6.07, 6.45) is 0. The molecule has 2 aromatic rings. The summed E-state index contributed by atoms with van der Waals surface area (Å²) in [6, 6.07) is 5.44. The predicted molar refractivity (Wildman–Crippen MR) is 62.4 cm³/mol. The molecule has 0 saturated heterocycles. The number of nitrogens with zero attached hydrogens (tertiary/aromatic N) is 4. The molecule has 2 heterocycles. The van der Waals surface area contributed by atoms with Gasteiger partial charge in [0.1, 0.15) is 17.5 Å². The van der Waals surface area contributed by atoms with E-state index in [0.29, 0.717) is 23.2 Å². The Morgan fingerprint density at radius 1 is 1.41 bits per heavy atom. The molecule has 0 aliphatic rings. The molecule has 0 aromatic carbocycles. The number of nitriles is 1. The molecule has 0 aliphatic heterocycles. The molecule has 0 atom stereocenters. The lowest BCUT2D eigenvalue weighted by Crippen LogP contribution is -2.22. The van der Waals surface area contributed by atoms with Crippen LogP contribution in [0.15, 0.2) is 16.7 Å². The number of hydrogen-bond donors (Lipinski definition) is 1. The maximum Gasteiger partial charge on any atom is 0.275 e. The quantitative estimate of drug-likeness (QED) is 0.867. The monoisotopic (exact) mass is 231 g/mol. The van der Waals surface area contributed by atoms with Gasteiger partial charge in [-0.3, -0.25) is 0 Å². The summed E-state index contributed by atoms with van der Waals surface area (Å²) < 4.78 is 5.15. The Kier molecular flexibility index (Phi) is 3.10. The van der Waals surface area contributed by atoms with Gasteiger partial charge in [0.15, 0.2) is 0 Å². The average Bonchev–Trinajstić information content (AvgIpc) is 2.98. The van der Waals surface area contributed by atoms with Crippen molar-refractivity contribution in [2.24, 2.45) is 0 Å². The molecular formula is C11H13N5O. The molecular weight excluding hydrogens is 218 g/mol. The van der Waals surface area contributed by atoms with Gasteiger partial charge in [-0.1, -0.05) is 0 Å². The summed E-state index contributed by atoms with van der Waals surface area (Å²) in [6.45, 7) is 5.71. The van der Waals surface area contributed by atoms with Crippen LogP contribution in [0.3, 0.4) is 0 Å². The van der Waals surface area contributed by atoms with Crippen molar-refractivity contribution < 1.29 is 4.52 Å². The van der Waals surface area contributed by atoms with E-state index in [-0.39, 0.29) is 0 Å². The minimum atomic E-state index is 0.397. The molecule has 2 aromatic heterocycles. The first-order valence-electron chi connectivity index (χ1n) is 5.46. The van der Waals surface area contributed by atoms with Crippen LogP contribution in [0, 0.1) is 11.3 Å². The highest BCUT2D eigenvalue weighted by molar-refractivity contribution is 5.51. The fourth-order valence-corrected chi connectivity index (χ4v) is 1.55. The molecule has 6 nitrogen and oxygen atoms in total. The second kappa shape index (κ2) is 4.70. The molecule has 0 bridgehead atoms. The van der Waals surface area contributed by atoms with Crippen molar-refractivity contribution in [3.05, 3.63) is 17.8 Å². The number of hydrogen-bond acceptors (Lipinski definition) is 5. The molecule has 1 N–H and O–H groups in total. The molecule has 88 valence electrons. The van der Waals surface area contributed by atoms with Crippen molar-refractivity contribution >= 4 is 5.95 Å². The highest BCUT2D eigenvalue weighted by atomic mass is 16.5. The summed E-state index contributed by atoms with van der Waals surface area (Å²) in [5.41, 5.74) is 1.13. The van der Waals surface area contributed by atoms with Crippen molar-refractivity contribution in [2.45, 2.75) is 13.8 Å². The summed E-state index contributed by atoms with van der Waals surface area (Å²) in [5, 5.41) is 12.6. The highest BCUT2D eigenvalue weighted by Gasteiger charge is 2.13. The normalized spacial score (nSPS) is 10.2. The van der Waals surface area contributed by atoms with E-state index in [1.807, 2.05) is 24.8 Å². The molecule has 0 aliphatic carbocycles. The Labute approximate surface area is 98.9 Å². The Morgan fingerprint density at radius 3 is 2.76 bits per heavy atom. The van der Waals surface area contributed by atoms with Gasteiger partial charge in [-0.25, -0.2) is 0 Å². The van der Waals surface area contributed by atoms with Crippen LogP contribution in [-0.4, -0.2) is 28.2 Å². The Morgan fingerprint density at radius 2 is 2.18 bits per heavy atom. The van der Waals surface area contributed by atoms with Gasteiger partial charge in [0.2, 0.25) is 0 Å². The van der Waals surface area contributed by atoms with Gasteiger partial charge in [0.05, 0.1) is 0 Å². The maximum absolute atomic E-state index is 8.71. The molecule has 6 heteroatoms. The molecule has 0 radical (unpaired) electrons. The highest BCUT2D eigenvalue weighted by Crippen LogP contribution is 2.19. The van der Waals surface area contributed by atoms with Crippen LogP contribution >= 0.6 is 0 Å². The van der Waals surface area contributed by atoms with Gasteiger partial charge in [0, 0.05) is 13.1 Å². The third-order valence-electron chi connectivity index (χ3n) is 2.50. The van der Waals surface area contributed by atoms with E-state index in [9.17, 15) is 0 Å². The first-order chi connectivity index (χ1) is 8.28. The van der Waals surface area contributed by atoms with E-state index in [2.05, 4.69) is 15.1 Å². The largest absolute Gasteiger partial charge is 0.342 e. The van der Waals surface area contributed by atoms with E-state index < -0.39 is 0 Å². The third-order valence-corrected chi connectivity index (χ3v) is 2.50. The molecule has 0 spiro atoms. The number of aromatic amines is 1. The summed E-state index contributed by atoms with van der Waals surface area (Å²) in [4.78, 5) is 9.16. The fourth-order valence-electron chi connectivity index (χ4n) is 1.55. The van der Waals surface area contributed by atoms with Crippen LogP contribution in [0.25, 0.3) is 11.6 Å². The van der Waals surface area contributed by atoms with Crippen molar-refractivity contribution in [1.82, 2.24) is 15.1 Å². The maximum atomic E-state index is 8.71. The smallest absolute Gasteiger partial charge is 0.275 e. The lowest BCUT2D eigenvalue weighted by atomic mass is 10.4. The second-order valence-electron chi connectivity index (χ2n) is 3.47. The SMILES string of the molecule is CCN(CC)c1noc(-c2ccc(C#N)[nH]2)n1. The number of aromatic nitrogens is 3. The van der Waals surface area contributed by atoms with Crippen LogP contribution in [0.1, 0.15) is 19.5 Å². The zero-order valence-electron chi connectivity index (χ0n) is 9.77. The average molecular weight is 231 g/mol. The topological polar surface area (TPSA) is 81.7 Å². The van der Waals surface area contributed by atoms with Crippen LogP contribution in [-0.2, 0) is 0 Å². The minimum absolute atomic E-state index is 0.397. The van der Waals surface area contributed by atoms with E-state index in [1.54, 1.807) is 12.1 Å². The zero-order valence-corrected chi connectivity index (χ0v) is 9.77. The van der Waals surface area contributed by atoms with Crippen molar-refractivity contribution in [2.75, 3.05) is 18.0 Å². The van der Waals surface area contributed by atoms with Crippen LogP contribution < -0.4 is 4.90 Å². The number of anilines is 1. The number of rotatable bonds is 4. The standard InChI is InChI=1S/C11H13N5O/c1-3-16(4-2)11-14-10(17-15-11)9-6-5-8(7-12)13-9/h5-6,13H,3-4H2,1-2H3. The molecule has 0 fully saturated rings. The molecule has 0 saturated carbocycles. The van der Waals surface area contributed by atoms with Crippen LogP contribution in [0.5, 0.6) is 0 Å². The van der Waals surface area contributed by atoms with Crippen molar-refractivity contribution in [3.63, 3.8) is 0 Å². The van der Waals surface area contributed by atoms with E-state index in [0.717, 1.165) is 13.1 Å². The van der Waals surface area contributed by atoms with Gasteiger partial charge < -0.3 is 14.4 Å². The zero-order chi connectivity index (χ0) is 12.3. The van der Waals surface area contributed by atoms with Crippen molar-refractivity contribution in [1.29, 1.82) is 5.26 Å². The van der Waals surface area contributed by atoms with Crippen LogP contribution in [0.4, 0.5) is 5.95 Å². The van der Waals surface area contributed by atoms with Gasteiger partial charge in [-0.2, -0.15) is 10.2 Å². The molecule has 17 heavy (non-hydrogen) atoms. The lowest BCUT2D eigenvalue weighted by molar-refractivity contribution is 0.428. The Hall–Kier alpha value is -2.29. The molecule has 2 rings (SSSR count). The third kappa shape index (κ3) is 2.13. The molecule has 0 unspecified atom stereocenters. The minimum Gasteiger partial charge on any atom is -0.342 e. The van der Waals surface area contributed by atoms with Gasteiger partial charge in [-0.05, 0) is 31.1 Å². The Bertz CT molecular complexity index is 532. The van der Waals surface area contributed by atoms with Gasteiger partial charge in [-0.15, -0.1) is 0 Å². The van der Waals surface area contributed by atoms with Crippen molar-refractivity contribution in [3.8, 4) is 17.7 Å². The molecule has 0 amide bonds. The summed E-state index contributed by atoms with van der Waals surface area (Å²) >= 11 is 0. The Balaban J connectivity index is 2.26.